The summed E-state index contributed by atoms with van der Waals surface area (Å²) in [6.45, 7) is 0.121. The molecule has 0 fully saturated rings. The van der Waals surface area contributed by atoms with Gasteiger partial charge in [-0.3, -0.25) is 14.7 Å². The number of thiazole rings is 1. The van der Waals surface area contributed by atoms with Crippen molar-refractivity contribution in [3.63, 3.8) is 0 Å². The average Bonchev–Trinajstić information content (AvgIpc) is 3.16. The topological polar surface area (TPSA) is 46.1 Å². The van der Waals surface area contributed by atoms with E-state index in [1.807, 2.05) is 6.07 Å². The van der Waals surface area contributed by atoms with E-state index < -0.39 is 11.6 Å². The number of pyridine rings is 1. The van der Waals surface area contributed by atoms with Crippen LogP contribution < -0.4 is 4.90 Å². The van der Waals surface area contributed by atoms with Crippen molar-refractivity contribution in [2.24, 2.45) is 0 Å². The van der Waals surface area contributed by atoms with Gasteiger partial charge in [-0.15, -0.1) is 0 Å². The summed E-state index contributed by atoms with van der Waals surface area (Å²) in [6.07, 6.45) is 4.59. The van der Waals surface area contributed by atoms with Gasteiger partial charge in [-0.2, -0.15) is 0 Å². The molecule has 150 valence electrons. The van der Waals surface area contributed by atoms with Crippen molar-refractivity contribution in [2.45, 2.75) is 6.54 Å². The molecule has 0 saturated carbocycles. The van der Waals surface area contributed by atoms with Crippen LogP contribution in [0.3, 0.4) is 0 Å². The summed E-state index contributed by atoms with van der Waals surface area (Å²) in [5.74, 6) is -1.86. The third kappa shape index (κ3) is 4.37. The summed E-state index contributed by atoms with van der Waals surface area (Å²) in [4.78, 5) is 22.9. The van der Waals surface area contributed by atoms with Gasteiger partial charge < -0.3 is 0 Å². The number of hydrogen-bond acceptors (Lipinski definition) is 4. The minimum absolute atomic E-state index is 0.0188. The molecule has 30 heavy (non-hydrogen) atoms. The van der Waals surface area contributed by atoms with Crippen molar-refractivity contribution in [3.05, 3.63) is 94.8 Å². The zero-order chi connectivity index (χ0) is 21.1. The molecule has 0 aliphatic heterocycles. The Morgan fingerprint density at radius 1 is 1.13 bits per heavy atom. The van der Waals surface area contributed by atoms with E-state index in [4.69, 9.17) is 11.6 Å². The van der Waals surface area contributed by atoms with E-state index in [0.29, 0.717) is 21.0 Å². The van der Waals surface area contributed by atoms with Crippen LogP contribution in [0.5, 0.6) is 0 Å². The van der Waals surface area contributed by atoms with Gasteiger partial charge in [-0.1, -0.05) is 47.2 Å². The molecule has 1 amide bonds. The molecule has 4 rings (SSSR count). The summed E-state index contributed by atoms with van der Waals surface area (Å²) in [5, 5.41) is 0.754. The zero-order valence-electron chi connectivity index (χ0n) is 15.4. The van der Waals surface area contributed by atoms with Gasteiger partial charge in [0.05, 0.1) is 16.9 Å². The number of nitrogens with zero attached hydrogens (tertiary/aromatic N) is 3. The largest absolute Gasteiger partial charge is 0.278 e. The van der Waals surface area contributed by atoms with Crippen molar-refractivity contribution in [1.82, 2.24) is 9.97 Å². The first kappa shape index (κ1) is 20.1. The molecule has 4 nitrogen and oxygen atoms in total. The number of carbonyl (C=O) groups excluding carboxylic acids is 1. The predicted molar refractivity (Wildman–Crippen MR) is 115 cm³/mol. The molecule has 0 radical (unpaired) electrons. The Balaban J connectivity index is 1.72. The molecule has 0 saturated heterocycles. The van der Waals surface area contributed by atoms with E-state index in [1.54, 1.807) is 48.7 Å². The normalized spacial score (nSPS) is 11.3. The van der Waals surface area contributed by atoms with Crippen molar-refractivity contribution < 1.29 is 13.6 Å². The molecule has 0 atom stereocenters. The van der Waals surface area contributed by atoms with Crippen LogP contribution in [-0.4, -0.2) is 15.9 Å². The van der Waals surface area contributed by atoms with Crippen LogP contribution in [0.15, 0.2) is 66.9 Å². The Labute approximate surface area is 180 Å². The Morgan fingerprint density at radius 3 is 2.70 bits per heavy atom. The maximum absolute atomic E-state index is 14.1. The number of aromatic nitrogens is 2. The monoisotopic (exact) mass is 441 g/mol. The van der Waals surface area contributed by atoms with Crippen LogP contribution in [0.2, 0.25) is 5.02 Å². The van der Waals surface area contributed by atoms with Gasteiger partial charge in [0.2, 0.25) is 0 Å². The Bertz CT molecular complexity index is 1240. The van der Waals surface area contributed by atoms with Gasteiger partial charge in [0.1, 0.15) is 11.3 Å². The second-order valence-corrected chi connectivity index (χ2v) is 7.75. The highest BCUT2D eigenvalue weighted by Crippen LogP contribution is 2.32. The fraction of sp³-hybridized carbons (Fsp3) is 0.0455. The van der Waals surface area contributed by atoms with E-state index in [9.17, 15) is 13.6 Å². The molecule has 0 N–H and O–H groups in total. The van der Waals surface area contributed by atoms with Crippen molar-refractivity contribution in [1.29, 1.82) is 0 Å². The number of halogens is 3. The lowest BCUT2D eigenvalue weighted by atomic mass is 10.2. The molecular weight excluding hydrogens is 428 g/mol. The second kappa shape index (κ2) is 8.69. The van der Waals surface area contributed by atoms with E-state index in [-0.39, 0.29) is 23.1 Å². The number of anilines is 1. The molecular formula is C22H14ClF2N3OS. The summed E-state index contributed by atoms with van der Waals surface area (Å²) in [6, 6.07) is 14.4. The fourth-order valence-electron chi connectivity index (χ4n) is 2.82. The van der Waals surface area contributed by atoms with Crippen LogP contribution in [0, 0.1) is 11.6 Å². The smallest absolute Gasteiger partial charge is 0.253 e. The van der Waals surface area contributed by atoms with Crippen LogP contribution >= 0.6 is 22.9 Å². The molecule has 2 aromatic heterocycles. The molecule has 4 aromatic rings. The quantitative estimate of drug-likeness (QED) is 0.364. The number of benzene rings is 2. The lowest BCUT2D eigenvalue weighted by Gasteiger charge is -2.17. The van der Waals surface area contributed by atoms with Gasteiger partial charge in [-0.25, -0.2) is 13.8 Å². The van der Waals surface area contributed by atoms with E-state index in [1.165, 1.54) is 17.0 Å². The average molecular weight is 442 g/mol. The van der Waals surface area contributed by atoms with Gasteiger partial charge in [-0.05, 0) is 35.9 Å². The predicted octanol–water partition coefficient (Wildman–Crippen LogP) is 5.87. The summed E-state index contributed by atoms with van der Waals surface area (Å²) >= 11 is 7.18. The van der Waals surface area contributed by atoms with Crippen molar-refractivity contribution in [2.75, 3.05) is 4.90 Å². The molecule has 2 heterocycles. The molecule has 2 aromatic carbocycles. The number of amides is 1. The highest BCUT2D eigenvalue weighted by atomic mass is 35.5. The van der Waals surface area contributed by atoms with Crippen molar-refractivity contribution >= 4 is 50.3 Å². The Morgan fingerprint density at radius 2 is 1.93 bits per heavy atom. The maximum Gasteiger partial charge on any atom is 0.253 e. The van der Waals surface area contributed by atoms with Gasteiger partial charge >= 0.3 is 0 Å². The Kier molecular flexibility index (Phi) is 5.83. The van der Waals surface area contributed by atoms with Crippen LogP contribution in [0.4, 0.5) is 13.9 Å². The van der Waals surface area contributed by atoms with Gasteiger partial charge in [0, 0.05) is 23.4 Å². The minimum Gasteiger partial charge on any atom is -0.278 e. The molecule has 0 aliphatic carbocycles. The Hall–Kier alpha value is -3.16. The van der Waals surface area contributed by atoms with Crippen LogP contribution in [0.25, 0.3) is 16.3 Å². The van der Waals surface area contributed by atoms with Crippen molar-refractivity contribution in [3.8, 4) is 0 Å². The van der Waals surface area contributed by atoms with Crippen LogP contribution in [-0.2, 0) is 11.3 Å². The number of rotatable bonds is 5. The molecule has 0 aliphatic rings. The first-order chi connectivity index (χ1) is 14.5. The lowest BCUT2D eigenvalue weighted by molar-refractivity contribution is -0.114. The lowest BCUT2D eigenvalue weighted by Crippen LogP contribution is -2.29. The first-order valence-corrected chi connectivity index (χ1v) is 10.1. The fourth-order valence-corrected chi connectivity index (χ4v) is 4.02. The minimum atomic E-state index is -0.774. The second-order valence-electron chi connectivity index (χ2n) is 6.33. The molecule has 0 bridgehead atoms. The summed E-state index contributed by atoms with van der Waals surface area (Å²) in [7, 11) is 0. The molecule has 0 spiro atoms. The third-order valence-corrected chi connectivity index (χ3v) is 5.63. The number of fused-ring (bicyclic) bond motifs is 1. The van der Waals surface area contributed by atoms with E-state index in [2.05, 4.69) is 9.97 Å². The van der Waals surface area contributed by atoms with E-state index >= 15 is 0 Å². The SMILES string of the molecule is O=C(/C=C/c1ccccc1Cl)N(Cc1ccccn1)c1nc2c(F)cc(F)cc2s1. The zero-order valence-corrected chi connectivity index (χ0v) is 17.0. The third-order valence-electron chi connectivity index (χ3n) is 4.26. The van der Waals surface area contributed by atoms with Crippen LogP contribution in [0.1, 0.15) is 11.3 Å². The number of hydrogen-bond donors (Lipinski definition) is 0. The molecule has 8 heteroatoms. The van der Waals surface area contributed by atoms with E-state index in [0.717, 1.165) is 17.4 Å². The number of carbonyl (C=O) groups is 1. The highest BCUT2D eigenvalue weighted by molar-refractivity contribution is 7.22. The summed E-state index contributed by atoms with van der Waals surface area (Å²) < 4.78 is 28.0. The molecule has 0 unspecified atom stereocenters. The summed E-state index contributed by atoms with van der Waals surface area (Å²) in [5.41, 5.74) is 1.33. The highest BCUT2D eigenvalue weighted by Gasteiger charge is 2.20. The maximum atomic E-state index is 14.1. The van der Waals surface area contributed by atoms with Gasteiger partial charge in [0.25, 0.3) is 5.91 Å². The first-order valence-electron chi connectivity index (χ1n) is 8.91. The van der Waals surface area contributed by atoms with Gasteiger partial charge in [0.15, 0.2) is 10.9 Å². The standard InChI is InChI=1S/C22H14ClF2N3OS/c23-17-7-2-1-5-14(17)8-9-20(29)28(13-16-6-3-4-10-26-16)22-27-21-18(25)11-15(24)12-19(21)30-22/h1-12H,13H2/b9-8+.